The predicted molar refractivity (Wildman–Crippen MR) is 80.3 cm³/mol. The monoisotopic (exact) mass is 295 g/mol. The number of pyridine rings is 1. The fourth-order valence-corrected chi connectivity index (χ4v) is 3.61. The average molecular weight is 295 g/mol. The molecule has 4 rings (SSSR count). The maximum Gasteiger partial charge on any atom is 0.253 e. The first-order valence-corrected chi connectivity index (χ1v) is 7.63. The average Bonchev–Trinajstić information content (AvgIpc) is 3.09. The van der Waals surface area contributed by atoms with Gasteiger partial charge in [-0.3, -0.25) is 4.79 Å². The van der Waals surface area contributed by atoms with Crippen molar-refractivity contribution in [1.29, 1.82) is 5.26 Å². The topological polar surface area (TPSA) is 73.4 Å². The number of carbonyl (C=O) groups is 1. The van der Waals surface area contributed by atoms with Gasteiger partial charge < -0.3 is 14.6 Å². The number of hydrogen-bond acceptors (Lipinski definition) is 4. The molecule has 2 fully saturated rings. The van der Waals surface area contributed by atoms with Crippen LogP contribution in [0.15, 0.2) is 24.5 Å². The molecule has 6 heteroatoms. The Labute approximate surface area is 128 Å². The van der Waals surface area contributed by atoms with Crippen LogP contribution in [0.4, 0.5) is 0 Å². The van der Waals surface area contributed by atoms with Gasteiger partial charge >= 0.3 is 0 Å². The second kappa shape index (κ2) is 5.11. The fraction of sp³-hybridized carbons (Fsp3) is 0.438. The van der Waals surface area contributed by atoms with Gasteiger partial charge in [0, 0.05) is 31.5 Å². The molecule has 2 unspecified atom stereocenters. The molecule has 3 atom stereocenters. The van der Waals surface area contributed by atoms with Crippen molar-refractivity contribution in [1.82, 2.24) is 19.6 Å². The summed E-state index contributed by atoms with van der Waals surface area (Å²) < 4.78 is 1.72. The van der Waals surface area contributed by atoms with Gasteiger partial charge in [0.2, 0.25) is 0 Å². The van der Waals surface area contributed by atoms with Gasteiger partial charge in [0.1, 0.15) is 11.7 Å². The molecule has 2 aromatic heterocycles. The molecule has 6 nitrogen and oxygen atoms in total. The van der Waals surface area contributed by atoms with Gasteiger partial charge in [-0.05, 0) is 37.4 Å². The van der Waals surface area contributed by atoms with E-state index in [1.165, 1.54) is 13.0 Å². The van der Waals surface area contributed by atoms with Crippen LogP contribution < -0.4 is 5.32 Å². The maximum atomic E-state index is 12.4. The van der Waals surface area contributed by atoms with Gasteiger partial charge in [-0.2, -0.15) is 5.26 Å². The molecule has 1 amide bonds. The first kappa shape index (κ1) is 13.3. The normalized spacial score (nSPS) is 26.8. The Kier molecular flexibility index (Phi) is 3.09. The van der Waals surface area contributed by atoms with Crippen LogP contribution in [0.1, 0.15) is 28.9 Å². The zero-order valence-corrected chi connectivity index (χ0v) is 12.2. The van der Waals surface area contributed by atoms with Crippen molar-refractivity contribution in [2.45, 2.75) is 18.9 Å². The molecule has 4 heterocycles. The summed E-state index contributed by atoms with van der Waals surface area (Å²) in [7, 11) is 0. The molecule has 2 aliphatic rings. The van der Waals surface area contributed by atoms with Gasteiger partial charge in [-0.25, -0.2) is 4.98 Å². The summed E-state index contributed by atoms with van der Waals surface area (Å²) in [6, 6.07) is 5.78. The number of piperidine rings is 1. The third-order valence-corrected chi connectivity index (χ3v) is 4.63. The van der Waals surface area contributed by atoms with Crippen LogP contribution >= 0.6 is 0 Å². The molecule has 0 radical (unpaired) electrons. The number of nitrogens with zero attached hydrogens (tertiary/aromatic N) is 4. The summed E-state index contributed by atoms with van der Waals surface area (Å²) in [4.78, 5) is 19.0. The van der Waals surface area contributed by atoms with E-state index in [9.17, 15) is 4.79 Å². The lowest BCUT2D eigenvalue weighted by atomic mass is 9.96. The Bertz CT molecular complexity index is 762. The van der Waals surface area contributed by atoms with E-state index in [1.54, 1.807) is 28.9 Å². The zero-order valence-electron chi connectivity index (χ0n) is 12.2. The number of carbonyl (C=O) groups excluding carboxylic acids is 1. The Morgan fingerprint density at radius 2 is 2.27 bits per heavy atom. The molecular weight excluding hydrogens is 278 g/mol. The minimum Gasteiger partial charge on any atom is -0.348 e. The van der Waals surface area contributed by atoms with Gasteiger partial charge in [0.15, 0.2) is 5.69 Å². The highest BCUT2D eigenvalue weighted by atomic mass is 16.1. The Balaban J connectivity index is 1.51. The smallest absolute Gasteiger partial charge is 0.253 e. The Morgan fingerprint density at radius 3 is 3.09 bits per heavy atom. The van der Waals surface area contributed by atoms with E-state index in [2.05, 4.69) is 15.2 Å². The minimum absolute atomic E-state index is 0.0541. The third-order valence-electron chi connectivity index (χ3n) is 4.63. The van der Waals surface area contributed by atoms with E-state index in [1.807, 2.05) is 6.07 Å². The Morgan fingerprint density at radius 1 is 1.36 bits per heavy atom. The molecule has 2 saturated heterocycles. The number of imidazole rings is 1. The van der Waals surface area contributed by atoms with Crippen LogP contribution in [0, 0.1) is 17.2 Å². The van der Waals surface area contributed by atoms with E-state index >= 15 is 0 Å². The summed E-state index contributed by atoms with van der Waals surface area (Å²) in [5.74, 6) is 0.676. The SMILES string of the molecule is N#Cc1cn2cc(C(=O)N[C@@H]3CC4CCN(C4)C3)ccc2n1. The second-order valence-electron chi connectivity index (χ2n) is 6.24. The summed E-state index contributed by atoms with van der Waals surface area (Å²) in [6.07, 6.45) is 5.70. The van der Waals surface area contributed by atoms with Gasteiger partial charge in [0.05, 0.1) is 5.56 Å². The fourth-order valence-electron chi connectivity index (χ4n) is 3.61. The van der Waals surface area contributed by atoms with Gasteiger partial charge in [-0.15, -0.1) is 0 Å². The largest absolute Gasteiger partial charge is 0.348 e. The van der Waals surface area contributed by atoms with Crippen molar-refractivity contribution < 1.29 is 4.79 Å². The van der Waals surface area contributed by atoms with E-state index < -0.39 is 0 Å². The minimum atomic E-state index is -0.0541. The second-order valence-corrected chi connectivity index (χ2v) is 6.24. The van der Waals surface area contributed by atoms with Gasteiger partial charge in [-0.1, -0.05) is 0 Å². The van der Waals surface area contributed by atoms with Crippen molar-refractivity contribution in [2.24, 2.45) is 5.92 Å². The standard InChI is InChI=1S/C16H17N5O/c17-6-14-10-21-8-12(1-2-15(21)18-14)16(22)19-13-5-11-3-4-20(7-11)9-13/h1-2,8,10-11,13H,3-5,7,9H2,(H,19,22)/t11?,13-/m1/s1. The summed E-state index contributed by atoms with van der Waals surface area (Å²) in [5, 5.41) is 12.0. The molecule has 2 bridgehead atoms. The highest BCUT2D eigenvalue weighted by Crippen LogP contribution is 2.26. The lowest BCUT2D eigenvalue weighted by Crippen LogP contribution is -2.47. The molecule has 0 spiro atoms. The highest BCUT2D eigenvalue weighted by Gasteiger charge is 2.32. The number of amides is 1. The van der Waals surface area contributed by atoms with Crippen molar-refractivity contribution in [3.63, 3.8) is 0 Å². The summed E-state index contributed by atoms with van der Waals surface area (Å²) >= 11 is 0. The summed E-state index contributed by atoms with van der Waals surface area (Å²) in [6.45, 7) is 3.30. The van der Waals surface area contributed by atoms with E-state index in [0.29, 0.717) is 16.9 Å². The number of aromatic nitrogens is 2. The molecule has 0 aromatic carbocycles. The van der Waals surface area contributed by atoms with Crippen molar-refractivity contribution >= 4 is 11.6 Å². The first-order chi connectivity index (χ1) is 10.7. The number of hydrogen-bond donors (Lipinski definition) is 1. The molecule has 1 N–H and O–H groups in total. The quantitative estimate of drug-likeness (QED) is 0.898. The molecule has 0 saturated carbocycles. The van der Waals surface area contributed by atoms with Crippen molar-refractivity contribution in [2.75, 3.05) is 19.6 Å². The van der Waals surface area contributed by atoms with E-state index in [-0.39, 0.29) is 11.9 Å². The van der Waals surface area contributed by atoms with Crippen LogP contribution in [0.2, 0.25) is 0 Å². The number of fused-ring (bicyclic) bond motifs is 3. The zero-order chi connectivity index (χ0) is 15.1. The van der Waals surface area contributed by atoms with Gasteiger partial charge in [0.25, 0.3) is 5.91 Å². The molecule has 112 valence electrons. The molecule has 2 aliphatic heterocycles. The Hall–Kier alpha value is -2.39. The first-order valence-electron chi connectivity index (χ1n) is 7.63. The number of rotatable bonds is 2. The molecule has 22 heavy (non-hydrogen) atoms. The third kappa shape index (κ3) is 2.34. The van der Waals surface area contributed by atoms with Crippen LogP contribution in [0.25, 0.3) is 5.65 Å². The van der Waals surface area contributed by atoms with Crippen LogP contribution in [-0.2, 0) is 0 Å². The lowest BCUT2D eigenvalue weighted by Gasteiger charge is -2.30. The lowest BCUT2D eigenvalue weighted by molar-refractivity contribution is 0.0909. The van der Waals surface area contributed by atoms with E-state index in [0.717, 1.165) is 25.4 Å². The highest BCUT2D eigenvalue weighted by molar-refractivity contribution is 5.94. The molecule has 0 aliphatic carbocycles. The van der Waals surface area contributed by atoms with Crippen LogP contribution in [0.5, 0.6) is 0 Å². The number of nitriles is 1. The van der Waals surface area contributed by atoms with Crippen LogP contribution in [0.3, 0.4) is 0 Å². The molecule has 2 aromatic rings. The predicted octanol–water partition coefficient (Wildman–Crippen LogP) is 1.03. The molecular formula is C16H17N5O. The maximum absolute atomic E-state index is 12.4. The number of nitrogens with one attached hydrogen (secondary N) is 1. The summed E-state index contributed by atoms with van der Waals surface area (Å²) in [5.41, 5.74) is 1.63. The van der Waals surface area contributed by atoms with Crippen LogP contribution in [-0.4, -0.2) is 45.9 Å². The van der Waals surface area contributed by atoms with Crippen molar-refractivity contribution in [3.05, 3.63) is 35.8 Å². The van der Waals surface area contributed by atoms with Crippen molar-refractivity contribution in [3.8, 4) is 6.07 Å². The van der Waals surface area contributed by atoms with E-state index in [4.69, 9.17) is 5.26 Å².